The normalized spacial score (nSPS) is 16.4. The van der Waals surface area contributed by atoms with Crippen LogP contribution in [-0.2, 0) is 16.4 Å². The molecular formula is C25H20F4N2O2. The lowest BCUT2D eigenvalue weighted by Crippen LogP contribution is -2.44. The first-order valence-corrected chi connectivity index (χ1v) is 10.3. The van der Waals surface area contributed by atoms with Gasteiger partial charge in [-0.05, 0) is 67.8 Å². The maximum Gasteiger partial charge on any atom is 0.416 e. The summed E-state index contributed by atoms with van der Waals surface area (Å²) < 4.78 is 54.1. The zero-order chi connectivity index (χ0) is 23.9. The number of fused-ring (bicyclic) bond motifs is 1. The van der Waals surface area contributed by atoms with Gasteiger partial charge in [-0.25, -0.2) is 4.39 Å². The fraction of sp³-hybridized carbons (Fsp3) is 0.280. The number of carbonyl (C=O) groups excluding carboxylic acids is 1. The van der Waals surface area contributed by atoms with Crippen molar-refractivity contribution in [3.8, 4) is 11.8 Å². The van der Waals surface area contributed by atoms with Gasteiger partial charge in [-0.3, -0.25) is 9.78 Å². The van der Waals surface area contributed by atoms with Gasteiger partial charge in [0, 0.05) is 29.1 Å². The number of carbonyl (C=O) groups is 1. The van der Waals surface area contributed by atoms with Gasteiger partial charge in [0.1, 0.15) is 5.82 Å². The number of aliphatic hydroxyl groups is 1. The van der Waals surface area contributed by atoms with Crippen LogP contribution in [0, 0.1) is 17.7 Å². The molecule has 1 heterocycles. The average Bonchev–Trinajstić information content (AvgIpc) is 3.53. The SMILES string of the molecule is CC#CC(O)(CC1(c2cc(C(F)(F)F)ccc2F)CC1)C(=O)Nc1ccc2ncccc2c1. The molecule has 170 valence electrons. The van der Waals surface area contributed by atoms with Crippen molar-refractivity contribution in [1.29, 1.82) is 0 Å². The number of amides is 1. The number of hydrogen-bond acceptors (Lipinski definition) is 3. The largest absolute Gasteiger partial charge is 0.416 e. The van der Waals surface area contributed by atoms with Gasteiger partial charge < -0.3 is 10.4 Å². The molecule has 4 rings (SSSR count). The minimum absolute atomic E-state index is 0.168. The van der Waals surface area contributed by atoms with Crippen molar-refractivity contribution >= 4 is 22.5 Å². The fourth-order valence-corrected chi connectivity index (χ4v) is 4.07. The first kappa shape index (κ1) is 22.7. The van der Waals surface area contributed by atoms with Crippen molar-refractivity contribution < 1.29 is 27.5 Å². The molecule has 1 fully saturated rings. The van der Waals surface area contributed by atoms with Crippen molar-refractivity contribution in [2.24, 2.45) is 0 Å². The van der Waals surface area contributed by atoms with E-state index >= 15 is 0 Å². The van der Waals surface area contributed by atoms with Crippen LogP contribution < -0.4 is 5.32 Å². The van der Waals surface area contributed by atoms with E-state index in [1.165, 1.54) is 6.92 Å². The molecule has 1 aliphatic carbocycles. The van der Waals surface area contributed by atoms with Crippen LogP contribution in [0.3, 0.4) is 0 Å². The Balaban J connectivity index is 1.63. The van der Waals surface area contributed by atoms with Crippen molar-refractivity contribution in [3.63, 3.8) is 0 Å². The van der Waals surface area contributed by atoms with Gasteiger partial charge in [0.25, 0.3) is 5.91 Å². The Kier molecular flexibility index (Phi) is 5.62. The zero-order valence-corrected chi connectivity index (χ0v) is 17.6. The number of benzene rings is 2. The molecule has 0 saturated heterocycles. The van der Waals surface area contributed by atoms with Crippen LogP contribution in [0.2, 0.25) is 0 Å². The van der Waals surface area contributed by atoms with Gasteiger partial charge in [0.05, 0.1) is 11.1 Å². The van der Waals surface area contributed by atoms with E-state index < -0.39 is 34.5 Å². The average molecular weight is 456 g/mol. The van der Waals surface area contributed by atoms with Crippen LogP contribution in [0.4, 0.5) is 23.2 Å². The number of rotatable bonds is 5. The van der Waals surface area contributed by atoms with Gasteiger partial charge in [-0.1, -0.05) is 12.0 Å². The van der Waals surface area contributed by atoms with Crippen LogP contribution in [0.1, 0.15) is 37.3 Å². The third-order valence-corrected chi connectivity index (χ3v) is 5.88. The predicted molar refractivity (Wildman–Crippen MR) is 116 cm³/mol. The van der Waals surface area contributed by atoms with Crippen molar-refractivity contribution in [2.45, 2.75) is 43.4 Å². The first-order chi connectivity index (χ1) is 15.6. The van der Waals surface area contributed by atoms with E-state index in [1.807, 2.05) is 6.07 Å². The van der Waals surface area contributed by atoms with E-state index in [0.717, 1.165) is 23.0 Å². The smallest absolute Gasteiger partial charge is 0.369 e. The van der Waals surface area contributed by atoms with Crippen LogP contribution in [0.15, 0.2) is 54.7 Å². The summed E-state index contributed by atoms with van der Waals surface area (Å²) in [6.45, 7) is 1.43. The van der Waals surface area contributed by atoms with E-state index in [0.29, 0.717) is 24.6 Å². The van der Waals surface area contributed by atoms with Gasteiger partial charge in [0.2, 0.25) is 5.60 Å². The molecule has 1 saturated carbocycles. The van der Waals surface area contributed by atoms with E-state index in [4.69, 9.17) is 0 Å². The number of nitrogens with one attached hydrogen (secondary N) is 1. The molecule has 2 N–H and O–H groups in total. The molecular weight excluding hydrogens is 436 g/mol. The second kappa shape index (κ2) is 8.16. The van der Waals surface area contributed by atoms with Gasteiger partial charge in [-0.2, -0.15) is 13.2 Å². The Morgan fingerprint density at radius 2 is 1.94 bits per heavy atom. The Labute approximate surface area is 187 Å². The number of aromatic nitrogens is 1. The molecule has 1 unspecified atom stereocenters. The summed E-state index contributed by atoms with van der Waals surface area (Å²) >= 11 is 0. The predicted octanol–water partition coefficient (Wildman–Crippen LogP) is 5.21. The number of pyridine rings is 1. The van der Waals surface area contributed by atoms with Gasteiger partial charge in [-0.15, -0.1) is 5.92 Å². The lowest BCUT2D eigenvalue weighted by atomic mass is 9.82. The lowest BCUT2D eigenvalue weighted by molar-refractivity contribution is -0.137. The lowest BCUT2D eigenvalue weighted by Gasteiger charge is -2.28. The van der Waals surface area contributed by atoms with Crippen molar-refractivity contribution in [2.75, 3.05) is 5.32 Å². The quantitative estimate of drug-likeness (QED) is 0.410. The monoisotopic (exact) mass is 456 g/mol. The zero-order valence-electron chi connectivity index (χ0n) is 17.6. The molecule has 0 bridgehead atoms. The highest BCUT2D eigenvalue weighted by Crippen LogP contribution is 2.54. The maximum atomic E-state index is 14.6. The Morgan fingerprint density at radius 1 is 1.18 bits per heavy atom. The minimum atomic E-state index is -4.64. The Hall–Kier alpha value is -3.44. The van der Waals surface area contributed by atoms with Gasteiger partial charge >= 0.3 is 6.18 Å². The number of hydrogen-bond donors (Lipinski definition) is 2. The van der Waals surface area contributed by atoms with Gasteiger partial charge in [0.15, 0.2) is 0 Å². The summed E-state index contributed by atoms with van der Waals surface area (Å²) in [5.74, 6) is 3.35. The van der Waals surface area contributed by atoms with Crippen LogP contribution in [0.25, 0.3) is 10.9 Å². The molecule has 0 spiro atoms. The topological polar surface area (TPSA) is 62.2 Å². The molecule has 8 heteroatoms. The van der Waals surface area contributed by atoms with E-state index in [1.54, 1.807) is 30.5 Å². The summed E-state index contributed by atoms with van der Waals surface area (Å²) in [6.07, 6.45) is -2.68. The summed E-state index contributed by atoms with van der Waals surface area (Å²) in [7, 11) is 0. The molecule has 3 aromatic rings. The summed E-state index contributed by atoms with van der Waals surface area (Å²) in [5, 5.41) is 14.6. The molecule has 1 aliphatic rings. The molecule has 33 heavy (non-hydrogen) atoms. The van der Waals surface area contributed by atoms with E-state index in [9.17, 15) is 27.5 Å². The molecule has 1 amide bonds. The molecule has 1 aromatic heterocycles. The van der Waals surface area contributed by atoms with E-state index in [-0.39, 0.29) is 12.0 Å². The van der Waals surface area contributed by atoms with Crippen LogP contribution in [0.5, 0.6) is 0 Å². The minimum Gasteiger partial charge on any atom is -0.369 e. The summed E-state index contributed by atoms with van der Waals surface area (Å²) in [4.78, 5) is 17.3. The van der Waals surface area contributed by atoms with E-state index in [2.05, 4.69) is 22.1 Å². The molecule has 2 aromatic carbocycles. The van der Waals surface area contributed by atoms with Crippen molar-refractivity contribution in [3.05, 3.63) is 71.7 Å². The summed E-state index contributed by atoms with van der Waals surface area (Å²) in [6, 6.07) is 10.8. The Morgan fingerprint density at radius 3 is 2.61 bits per heavy atom. The number of nitrogens with zero attached hydrogens (tertiary/aromatic N) is 1. The third kappa shape index (κ3) is 4.55. The highest BCUT2D eigenvalue weighted by atomic mass is 19.4. The standard InChI is InChI=1S/C25H20F4N2O2/c1-2-9-24(33,22(32)31-18-6-8-21-16(13-18)4-3-12-30-21)15-23(10-11-23)19-14-17(25(27,28)29)5-7-20(19)26/h3-8,12-14,33H,10-11,15H2,1H3,(H,31,32). The second-order valence-corrected chi connectivity index (χ2v) is 8.25. The number of anilines is 1. The maximum absolute atomic E-state index is 14.6. The number of alkyl halides is 3. The highest BCUT2D eigenvalue weighted by Gasteiger charge is 2.53. The Bertz CT molecular complexity index is 1290. The molecule has 0 aliphatic heterocycles. The van der Waals surface area contributed by atoms with Crippen LogP contribution in [-0.4, -0.2) is 21.6 Å². The van der Waals surface area contributed by atoms with Crippen molar-refractivity contribution in [1.82, 2.24) is 4.98 Å². The fourth-order valence-electron chi connectivity index (χ4n) is 4.07. The third-order valence-electron chi connectivity index (χ3n) is 5.88. The highest BCUT2D eigenvalue weighted by molar-refractivity contribution is 6.01. The molecule has 0 radical (unpaired) electrons. The second-order valence-electron chi connectivity index (χ2n) is 8.25. The first-order valence-electron chi connectivity index (χ1n) is 10.3. The molecule has 1 atom stereocenters. The van der Waals surface area contributed by atoms with Crippen LogP contribution >= 0.6 is 0 Å². The summed E-state index contributed by atoms with van der Waals surface area (Å²) in [5.41, 5.74) is -3.38. The number of halogens is 4. The molecule has 4 nitrogen and oxygen atoms in total.